The zero-order chi connectivity index (χ0) is 14.9. The fourth-order valence-electron chi connectivity index (χ4n) is 3.17. The third-order valence-electron chi connectivity index (χ3n) is 4.21. The summed E-state index contributed by atoms with van der Waals surface area (Å²) >= 11 is 0. The molecule has 0 heterocycles. The van der Waals surface area contributed by atoms with E-state index in [9.17, 15) is 14.7 Å². The van der Waals surface area contributed by atoms with Gasteiger partial charge in [0.25, 0.3) is 0 Å². The van der Waals surface area contributed by atoms with Crippen LogP contribution in [0.15, 0.2) is 0 Å². The summed E-state index contributed by atoms with van der Waals surface area (Å²) in [6.45, 7) is 5.28. The summed E-state index contributed by atoms with van der Waals surface area (Å²) in [4.78, 5) is 23.0. The molecule has 20 heavy (non-hydrogen) atoms. The van der Waals surface area contributed by atoms with E-state index < -0.39 is 23.7 Å². The van der Waals surface area contributed by atoms with E-state index in [0.717, 1.165) is 24.7 Å². The lowest BCUT2D eigenvalue weighted by Gasteiger charge is -2.26. The van der Waals surface area contributed by atoms with Crippen molar-refractivity contribution < 1.29 is 19.4 Å². The second-order valence-corrected chi connectivity index (χ2v) is 7.21. The fraction of sp³-hybridized carbons (Fsp3) is 0.867. The largest absolute Gasteiger partial charge is 0.480 e. The Kier molecular flexibility index (Phi) is 4.25. The minimum atomic E-state index is -0.978. The van der Waals surface area contributed by atoms with E-state index in [1.54, 1.807) is 20.8 Å². The van der Waals surface area contributed by atoms with Crippen molar-refractivity contribution in [2.45, 2.75) is 64.5 Å². The molecule has 5 heteroatoms. The van der Waals surface area contributed by atoms with E-state index in [2.05, 4.69) is 5.32 Å². The average molecular weight is 283 g/mol. The van der Waals surface area contributed by atoms with Gasteiger partial charge < -0.3 is 15.2 Å². The Bertz CT molecular complexity index is 388. The predicted molar refractivity (Wildman–Crippen MR) is 74.3 cm³/mol. The Labute approximate surface area is 120 Å². The molecule has 4 atom stereocenters. The van der Waals surface area contributed by atoms with Gasteiger partial charge in [-0.15, -0.1) is 0 Å². The SMILES string of the molecule is CC(C)(C)OC(=O)NC(CC1CCC2CC2C1)C(=O)O. The Morgan fingerprint density at radius 1 is 1.25 bits per heavy atom. The lowest BCUT2D eigenvalue weighted by atomic mass is 9.85. The second-order valence-electron chi connectivity index (χ2n) is 7.21. The van der Waals surface area contributed by atoms with Crippen LogP contribution in [0.25, 0.3) is 0 Å². The maximum atomic E-state index is 11.7. The van der Waals surface area contributed by atoms with Gasteiger partial charge in [0, 0.05) is 0 Å². The van der Waals surface area contributed by atoms with E-state index in [4.69, 9.17) is 4.74 Å². The number of rotatable bonds is 4. The van der Waals surface area contributed by atoms with Gasteiger partial charge in [-0.1, -0.05) is 6.42 Å². The first-order valence-corrected chi connectivity index (χ1v) is 7.47. The zero-order valence-corrected chi connectivity index (χ0v) is 12.5. The summed E-state index contributed by atoms with van der Waals surface area (Å²) in [6, 6.07) is -0.842. The number of hydrogen-bond acceptors (Lipinski definition) is 3. The number of hydrogen-bond donors (Lipinski definition) is 2. The molecule has 0 aromatic carbocycles. The van der Waals surface area contributed by atoms with Gasteiger partial charge in [-0.25, -0.2) is 9.59 Å². The van der Waals surface area contributed by atoms with Gasteiger partial charge in [-0.2, -0.15) is 0 Å². The molecule has 4 unspecified atom stereocenters. The summed E-state index contributed by atoms with van der Waals surface area (Å²) in [5.41, 5.74) is -0.612. The lowest BCUT2D eigenvalue weighted by Crippen LogP contribution is -2.44. The summed E-state index contributed by atoms with van der Waals surface area (Å²) in [5.74, 6) is 1.14. The molecular formula is C15H25NO4. The first-order chi connectivity index (χ1) is 9.24. The quantitative estimate of drug-likeness (QED) is 0.832. The van der Waals surface area contributed by atoms with Crippen molar-refractivity contribution in [3.63, 3.8) is 0 Å². The molecule has 0 saturated heterocycles. The van der Waals surface area contributed by atoms with Crippen molar-refractivity contribution >= 4 is 12.1 Å². The van der Waals surface area contributed by atoms with Crippen LogP contribution in [0.3, 0.4) is 0 Å². The van der Waals surface area contributed by atoms with Gasteiger partial charge in [-0.3, -0.25) is 0 Å². The number of amides is 1. The molecule has 2 aliphatic rings. The normalized spacial score (nSPS) is 30.1. The van der Waals surface area contributed by atoms with Gasteiger partial charge in [0.05, 0.1) is 0 Å². The monoisotopic (exact) mass is 283 g/mol. The Balaban J connectivity index is 1.83. The van der Waals surface area contributed by atoms with Crippen LogP contribution < -0.4 is 5.32 Å². The van der Waals surface area contributed by atoms with Gasteiger partial charge >= 0.3 is 12.1 Å². The van der Waals surface area contributed by atoms with E-state index in [0.29, 0.717) is 12.3 Å². The van der Waals surface area contributed by atoms with Crippen LogP contribution in [-0.2, 0) is 9.53 Å². The van der Waals surface area contributed by atoms with Gasteiger partial charge in [0.2, 0.25) is 0 Å². The number of carboxylic acids is 1. The van der Waals surface area contributed by atoms with Crippen LogP contribution in [0.2, 0.25) is 0 Å². The second kappa shape index (κ2) is 5.62. The van der Waals surface area contributed by atoms with Crippen LogP contribution in [0.5, 0.6) is 0 Å². The number of alkyl carbamates (subject to hydrolysis) is 1. The number of carbonyl (C=O) groups is 2. The highest BCUT2D eigenvalue weighted by molar-refractivity contribution is 5.80. The van der Waals surface area contributed by atoms with Crippen molar-refractivity contribution in [1.29, 1.82) is 0 Å². The highest BCUT2D eigenvalue weighted by Gasteiger charge is 2.42. The molecule has 2 aliphatic carbocycles. The zero-order valence-electron chi connectivity index (χ0n) is 12.5. The summed E-state index contributed by atoms with van der Waals surface area (Å²) in [6.07, 6.45) is 4.59. The molecule has 2 fully saturated rings. The van der Waals surface area contributed by atoms with Crippen molar-refractivity contribution in [2.75, 3.05) is 0 Å². The smallest absolute Gasteiger partial charge is 0.408 e. The van der Waals surface area contributed by atoms with Gasteiger partial charge in [0.1, 0.15) is 11.6 Å². The number of carboxylic acid groups (broad SMARTS) is 1. The number of nitrogens with one attached hydrogen (secondary N) is 1. The van der Waals surface area contributed by atoms with E-state index >= 15 is 0 Å². The lowest BCUT2D eigenvalue weighted by molar-refractivity contribution is -0.140. The maximum absolute atomic E-state index is 11.7. The van der Waals surface area contributed by atoms with Crippen molar-refractivity contribution in [1.82, 2.24) is 5.32 Å². The molecule has 0 spiro atoms. The average Bonchev–Trinajstić information content (AvgIpc) is 3.03. The van der Waals surface area contributed by atoms with E-state index in [1.807, 2.05) is 0 Å². The Hall–Kier alpha value is -1.26. The molecular weight excluding hydrogens is 258 g/mol. The molecule has 0 aliphatic heterocycles. The van der Waals surface area contributed by atoms with Crippen LogP contribution >= 0.6 is 0 Å². The van der Waals surface area contributed by atoms with Crippen LogP contribution in [0, 0.1) is 17.8 Å². The molecule has 114 valence electrons. The molecule has 5 nitrogen and oxygen atoms in total. The topological polar surface area (TPSA) is 75.6 Å². The summed E-state index contributed by atoms with van der Waals surface area (Å²) in [7, 11) is 0. The molecule has 0 aromatic heterocycles. The van der Waals surface area contributed by atoms with Crippen molar-refractivity contribution in [3.8, 4) is 0 Å². The fourth-order valence-corrected chi connectivity index (χ4v) is 3.17. The van der Waals surface area contributed by atoms with Crippen LogP contribution in [0.4, 0.5) is 4.79 Å². The first-order valence-electron chi connectivity index (χ1n) is 7.47. The number of carbonyl (C=O) groups excluding carboxylic acids is 1. The molecule has 0 bridgehead atoms. The third-order valence-corrected chi connectivity index (χ3v) is 4.21. The first kappa shape index (κ1) is 15.1. The van der Waals surface area contributed by atoms with Crippen molar-refractivity contribution in [2.24, 2.45) is 17.8 Å². The maximum Gasteiger partial charge on any atom is 0.408 e. The molecule has 0 radical (unpaired) electrons. The highest BCUT2D eigenvalue weighted by Crippen LogP contribution is 2.52. The van der Waals surface area contributed by atoms with Crippen LogP contribution in [-0.4, -0.2) is 28.8 Å². The van der Waals surface area contributed by atoms with Crippen LogP contribution in [0.1, 0.15) is 52.9 Å². The van der Waals surface area contributed by atoms with E-state index in [-0.39, 0.29) is 0 Å². The molecule has 2 saturated carbocycles. The van der Waals surface area contributed by atoms with Gasteiger partial charge in [-0.05, 0) is 64.2 Å². The summed E-state index contributed by atoms with van der Waals surface area (Å²) < 4.78 is 5.12. The standard InChI is InChI=1S/C15H25NO4/c1-15(2,3)20-14(19)16-12(13(17)18)7-9-4-5-10-8-11(10)6-9/h9-12H,4-8H2,1-3H3,(H,16,19)(H,17,18). The van der Waals surface area contributed by atoms with Gasteiger partial charge in [0.15, 0.2) is 0 Å². The summed E-state index contributed by atoms with van der Waals surface area (Å²) in [5, 5.41) is 11.7. The highest BCUT2D eigenvalue weighted by atomic mass is 16.6. The predicted octanol–water partition coefficient (Wildman–Crippen LogP) is 2.79. The molecule has 2 N–H and O–H groups in total. The minimum absolute atomic E-state index is 0.412. The minimum Gasteiger partial charge on any atom is -0.480 e. The third kappa shape index (κ3) is 4.39. The number of fused-ring (bicyclic) bond motifs is 1. The van der Waals surface area contributed by atoms with E-state index in [1.165, 1.54) is 12.8 Å². The Morgan fingerprint density at radius 3 is 2.50 bits per heavy atom. The number of aliphatic carboxylic acids is 1. The number of ether oxygens (including phenoxy) is 1. The Morgan fingerprint density at radius 2 is 1.95 bits per heavy atom. The molecule has 0 aromatic rings. The molecule has 2 rings (SSSR count). The van der Waals surface area contributed by atoms with Crippen molar-refractivity contribution in [3.05, 3.63) is 0 Å². The molecule has 1 amide bonds.